The number of benzene rings is 1. The molecule has 1 aromatic heterocycles. The van der Waals surface area contributed by atoms with Gasteiger partial charge in [0, 0.05) is 34.3 Å². The van der Waals surface area contributed by atoms with E-state index >= 15 is 0 Å². The van der Waals surface area contributed by atoms with E-state index in [4.69, 9.17) is 4.74 Å². The Morgan fingerprint density at radius 2 is 1.76 bits per heavy atom. The van der Waals surface area contributed by atoms with Crippen molar-refractivity contribution in [3.05, 3.63) is 22.6 Å². The summed E-state index contributed by atoms with van der Waals surface area (Å²) in [5.41, 5.74) is 3.37. The van der Waals surface area contributed by atoms with Gasteiger partial charge in [-0.25, -0.2) is 4.79 Å². The molecule has 0 radical (unpaired) electrons. The van der Waals surface area contributed by atoms with Crippen LogP contribution >= 0.6 is 0 Å². The summed E-state index contributed by atoms with van der Waals surface area (Å²) in [6.07, 6.45) is 3.82. The van der Waals surface area contributed by atoms with Crippen LogP contribution in [0.3, 0.4) is 0 Å². The number of carbonyl (C=O) groups excluding carboxylic acids is 1. The minimum atomic E-state index is -0.0830. The van der Waals surface area contributed by atoms with Gasteiger partial charge < -0.3 is 15.0 Å². The minimum Gasteiger partial charge on any atom is -0.384 e. The van der Waals surface area contributed by atoms with Crippen LogP contribution in [-0.2, 0) is 23.6 Å². The monoisotopic (exact) mass is 346 g/mol. The van der Waals surface area contributed by atoms with E-state index in [9.17, 15) is 9.59 Å². The normalized spacial score (nSPS) is 14.9. The average Bonchev–Trinajstić information content (AvgIpc) is 2.84. The number of fused-ring (bicyclic) bond motifs is 1. The van der Waals surface area contributed by atoms with Crippen LogP contribution < -0.4 is 15.9 Å². The van der Waals surface area contributed by atoms with E-state index < -0.39 is 0 Å². The number of methoxy groups -OCH3 is 1. The Bertz CT molecular complexity index is 831. The first kappa shape index (κ1) is 17.5. The molecule has 0 saturated carbocycles. The molecule has 7 heteroatoms. The molecule has 1 aliphatic heterocycles. The number of hydrogen-bond acceptors (Lipinski definition) is 4. The van der Waals surface area contributed by atoms with Gasteiger partial charge in [0.2, 0.25) is 5.91 Å². The van der Waals surface area contributed by atoms with E-state index in [-0.39, 0.29) is 11.6 Å². The van der Waals surface area contributed by atoms with Crippen LogP contribution in [0.15, 0.2) is 16.9 Å². The van der Waals surface area contributed by atoms with Crippen molar-refractivity contribution in [2.75, 3.05) is 37.0 Å². The lowest BCUT2D eigenvalue weighted by Crippen LogP contribution is -2.30. The molecule has 3 rings (SSSR count). The lowest BCUT2D eigenvalue weighted by molar-refractivity contribution is -0.117. The van der Waals surface area contributed by atoms with Crippen molar-refractivity contribution in [3.8, 4) is 0 Å². The van der Waals surface area contributed by atoms with Crippen molar-refractivity contribution in [2.24, 2.45) is 14.1 Å². The van der Waals surface area contributed by atoms with Crippen molar-refractivity contribution >= 4 is 28.3 Å². The van der Waals surface area contributed by atoms with E-state index in [1.54, 1.807) is 30.3 Å². The number of hydrogen-bond donors (Lipinski definition) is 1. The van der Waals surface area contributed by atoms with Crippen molar-refractivity contribution < 1.29 is 9.53 Å². The number of nitrogens with one attached hydrogen (secondary N) is 1. The number of amides is 1. The molecule has 1 saturated heterocycles. The van der Waals surface area contributed by atoms with E-state index in [2.05, 4.69) is 10.2 Å². The van der Waals surface area contributed by atoms with E-state index in [1.165, 1.54) is 6.42 Å². The molecule has 0 aliphatic carbocycles. The number of piperidine rings is 1. The standard InChI is InChI=1S/C18H26N4O3/c1-20-15-11-13(19-17(23)7-10-25-3)14(22-8-5-4-6-9-22)12-16(15)21(2)18(20)24/h11-12H,4-10H2,1-3H3,(H,19,23). The fourth-order valence-electron chi connectivity index (χ4n) is 3.44. The van der Waals surface area contributed by atoms with Crippen molar-refractivity contribution in [1.29, 1.82) is 0 Å². The van der Waals surface area contributed by atoms with Gasteiger partial charge in [-0.3, -0.25) is 13.9 Å². The Hall–Kier alpha value is -2.28. The highest BCUT2D eigenvalue weighted by molar-refractivity contribution is 5.98. The second-order valence-corrected chi connectivity index (χ2v) is 6.60. The first-order valence-electron chi connectivity index (χ1n) is 8.76. The van der Waals surface area contributed by atoms with Gasteiger partial charge in [0.05, 0.1) is 35.4 Å². The molecule has 1 aromatic carbocycles. The fraction of sp³-hybridized carbons (Fsp3) is 0.556. The van der Waals surface area contributed by atoms with Crippen LogP contribution in [0.25, 0.3) is 11.0 Å². The fourth-order valence-corrected chi connectivity index (χ4v) is 3.44. The molecule has 1 aliphatic rings. The summed E-state index contributed by atoms with van der Waals surface area (Å²) in [5.74, 6) is -0.0830. The van der Waals surface area contributed by atoms with Crippen molar-refractivity contribution in [3.63, 3.8) is 0 Å². The number of imidazole rings is 1. The molecule has 0 unspecified atom stereocenters. The van der Waals surface area contributed by atoms with Crippen LogP contribution in [0.1, 0.15) is 25.7 Å². The van der Waals surface area contributed by atoms with Crippen LogP contribution in [0.2, 0.25) is 0 Å². The van der Waals surface area contributed by atoms with Gasteiger partial charge in [-0.05, 0) is 31.4 Å². The predicted octanol–water partition coefficient (Wildman–Crippen LogP) is 1.84. The van der Waals surface area contributed by atoms with Crippen molar-refractivity contribution in [1.82, 2.24) is 9.13 Å². The van der Waals surface area contributed by atoms with E-state index in [0.29, 0.717) is 13.0 Å². The first-order chi connectivity index (χ1) is 12.0. The summed E-state index contributed by atoms with van der Waals surface area (Å²) in [6.45, 7) is 2.32. The summed E-state index contributed by atoms with van der Waals surface area (Å²) >= 11 is 0. The molecule has 1 N–H and O–H groups in total. The number of aryl methyl sites for hydroxylation is 2. The highest BCUT2D eigenvalue weighted by Crippen LogP contribution is 2.32. The van der Waals surface area contributed by atoms with Crippen molar-refractivity contribution in [2.45, 2.75) is 25.7 Å². The first-order valence-corrected chi connectivity index (χ1v) is 8.76. The van der Waals surface area contributed by atoms with Crippen LogP contribution in [-0.4, -0.2) is 41.8 Å². The number of nitrogens with zero attached hydrogens (tertiary/aromatic N) is 3. The topological polar surface area (TPSA) is 68.5 Å². The van der Waals surface area contributed by atoms with E-state index in [0.717, 1.165) is 48.3 Å². The quantitative estimate of drug-likeness (QED) is 0.897. The van der Waals surface area contributed by atoms with Crippen LogP contribution in [0.5, 0.6) is 0 Å². The molecule has 0 spiro atoms. The second kappa shape index (κ2) is 7.31. The Morgan fingerprint density at radius 3 is 2.40 bits per heavy atom. The van der Waals surface area contributed by atoms with Gasteiger partial charge >= 0.3 is 5.69 Å². The van der Waals surface area contributed by atoms with Crippen LogP contribution in [0, 0.1) is 0 Å². The van der Waals surface area contributed by atoms with E-state index in [1.807, 2.05) is 12.1 Å². The smallest absolute Gasteiger partial charge is 0.328 e. The summed E-state index contributed by atoms with van der Waals surface area (Å²) in [4.78, 5) is 26.8. The zero-order chi connectivity index (χ0) is 18.0. The third-order valence-corrected chi connectivity index (χ3v) is 4.89. The minimum absolute atomic E-state index is 0.0672. The number of rotatable bonds is 5. The predicted molar refractivity (Wildman–Crippen MR) is 99.3 cm³/mol. The molecule has 2 aromatic rings. The molecule has 1 amide bonds. The van der Waals surface area contributed by atoms with Gasteiger partial charge in [0.15, 0.2) is 0 Å². The number of ether oxygens (including phenoxy) is 1. The van der Waals surface area contributed by atoms with Gasteiger partial charge in [-0.1, -0.05) is 0 Å². The molecule has 136 valence electrons. The van der Waals surface area contributed by atoms with Gasteiger partial charge in [-0.2, -0.15) is 0 Å². The lowest BCUT2D eigenvalue weighted by Gasteiger charge is -2.30. The summed E-state index contributed by atoms with van der Waals surface area (Å²) in [7, 11) is 5.11. The Morgan fingerprint density at radius 1 is 1.12 bits per heavy atom. The maximum absolute atomic E-state index is 12.3. The van der Waals surface area contributed by atoms with Crippen LogP contribution in [0.4, 0.5) is 11.4 Å². The molecule has 2 heterocycles. The van der Waals surface area contributed by atoms with Gasteiger partial charge in [-0.15, -0.1) is 0 Å². The summed E-state index contributed by atoms with van der Waals surface area (Å²) in [6, 6.07) is 3.93. The Kier molecular flexibility index (Phi) is 5.13. The maximum atomic E-state index is 12.3. The summed E-state index contributed by atoms with van der Waals surface area (Å²) in [5, 5.41) is 3.01. The Labute approximate surface area is 147 Å². The number of anilines is 2. The molecule has 25 heavy (non-hydrogen) atoms. The lowest BCUT2D eigenvalue weighted by atomic mass is 10.1. The highest BCUT2D eigenvalue weighted by Gasteiger charge is 2.19. The number of carbonyl (C=O) groups is 1. The Balaban J connectivity index is 2.05. The highest BCUT2D eigenvalue weighted by atomic mass is 16.5. The third-order valence-electron chi connectivity index (χ3n) is 4.89. The average molecular weight is 346 g/mol. The molecular formula is C18H26N4O3. The molecular weight excluding hydrogens is 320 g/mol. The largest absolute Gasteiger partial charge is 0.384 e. The maximum Gasteiger partial charge on any atom is 0.328 e. The SMILES string of the molecule is COCCC(=O)Nc1cc2c(cc1N1CCCCC1)n(C)c(=O)n2C. The molecule has 7 nitrogen and oxygen atoms in total. The summed E-state index contributed by atoms with van der Waals surface area (Å²) < 4.78 is 8.25. The second-order valence-electron chi connectivity index (χ2n) is 6.60. The van der Waals surface area contributed by atoms with Gasteiger partial charge in [0.1, 0.15) is 0 Å². The number of aromatic nitrogens is 2. The molecule has 0 atom stereocenters. The zero-order valence-electron chi connectivity index (χ0n) is 15.2. The molecule has 0 bridgehead atoms. The van der Waals surface area contributed by atoms with Gasteiger partial charge in [0.25, 0.3) is 0 Å². The zero-order valence-corrected chi connectivity index (χ0v) is 15.2. The third kappa shape index (κ3) is 3.42. The molecule has 1 fully saturated rings.